The number of amidine groups is 1. The summed E-state index contributed by atoms with van der Waals surface area (Å²) in [4.78, 5) is 22.8. The zero-order valence-corrected chi connectivity index (χ0v) is 9.81. The van der Waals surface area contributed by atoms with Gasteiger partial charge in [-0.1, -0.05) is 18.2 Å². The largest absolute Gasteiger partial charge is 0.386 e. The van der Waals surface area contributed by atoms with Crippen LogP contribution in [-0.2, 0) is 0 Å². The van der Waals surface area contributed by atoms with Crippen LogP contribution in [0.4, 0.5) is 0 Å². The molecule has 0 spiro atoms. The molecule has 0 heterocycles. The van der Waals surface area contributed by atoms with Crippen LogP contribution >= 0.6 is 0 Å². The quantitative estimate of drug-likeness (QED) is 0.286. The summed E-state index contributed by atoms with van der Waals surface area (Å²) in [6.07, 6.45) is -0.113. The van der Waals surface area contributed by atoms with Gasteiger partial charge in [0.25, 0.3) is 5.91 Å². The van der Waals surface area contributed by atoms with Crippen LogP contribution in [-0.4, -0.2) is 40.4 Å². The molecule has 1 N–H and O–H groups in total. The van der Waals surface area contributed by atoms with Gasteiger partial charge in [-0.25, -0.2) is 0 Å². The van der Waals surface area contributed by atoms with Crippen molar-refractivity contribution in [2.45, 2.75) is 6.42 Å². The van der Waals surface area contributed by atoms with Crippen molar-refractivity contribution in [3.8, 4) is 0 Å². The van der Waals surface area contributed by atoms with Crippen LogP contribution in [0.3, 0.4) is 0 Å². The molecule has 0 aliphatic carbocycles. The highest BCUT2D eigenvalue weighted by molar-refractivity contribution is 5.94. The number of amides is 1. The summed E-state index contributed by atoms with van der Waals surface area (Å²) in [7, 11) is 1.53. The Morgan fingerprint density at radius 1 is 1.44 bits per heavy atom. The van der Waals surface area contributed by atoms with Gasteiger partial charge in [0.1, 0.15) is 5.16 Å². The van der Waals surface area contributed by atoms with E-state index in [0.717, 1.165) is 0 Å². The molecule has 0 aliphatic heterocycles. The SMILES string of the molecule is CN(CC/C(=N\O)[N+](=O)[O-])C(=O)c1ccccc1. The summed E-state index contributed by atoms with van der Waals surface area (Å²) in [5.41, 5.74) is 0.503. The molecular formula is C11H13N3O4. The average Bonchev–Trinajstić information content (AvgIpc) is 2.39. The van der Waals surface area contributed by atoms with Crippen molar-refractivity contribution >= 4 is 11.7 Å². The van der Waals surface area contributed by atoms with Crippen molar-refractivity contribution in [3.05, 3.63) is 46.0 Å². The van der Waals surface area contributed by atoms with E-state index in [1.165, 1.54) is 11.9 Å². The predicted octanol–water partition coefficient (Wildman–Crippen LogP) is 1.21. The number of benzene rings is 1. The van der Waals surface area contributed by atoms with Crippen LogP contribution in [0.2, 0.25) is 0 Å². The van der Waals surface area contributed by atoms with E-state index in [1.807, 2.05) is 0 Å². The summed E-state index contributed by atoms with van der Waals surface area (Å²) in [6.45, 7) is 0.105. The Balaban J connectivity index is 2.59. The zero-order chi connectivity index (χ0) is 13.5. The lowest BCUT2D eigenvalue weighted by molar-refractivity contribution is -0.355. The monoisotopic (exact) mass is 251 g/mol. The first kappa shape index (κ1) is 13.6. The lowest BCUT2D eigenvalue weighted by Gasteiger charge is -2.15. The predicted molar refractivity (Wildman–Crippen MR) is 64.2 cm³/mol. The molecule has 7 nitrogen and oxygen atoms in total. The molecule has 18 heavy (non-hydrogen) atoms. The number of nitrogens with zero attached hydrogens (tertiary/aromatic N) is 3. The Hall–Kier alpha value is -2.44. The maximum atomic E-state index is 11.9. The molecule has 0 aromatic heterocycles. The molecule has 0 fully saturated rings. The highest BCUT2D eigenvalue weighted by atomic mass is 16.6. The minimum absolute atomic E-state index is 0.105. The molecule has 96 valence electrons. The van der Waals surface area contributed by atoms with E-state index in [0.29, 0.717) is 5.56 Å². The van der Waals surface area contributed by atoms with Gasteiger partial charge < -0.3 is 20.2 Å². The third-order valence-electron chi connectivity index (χ3n) is 2.36. The van der Waals surface area contributed by atoms with E-state index >= 15 is 0 Å². The Bertz CT molecular complexity index is 459. The fraction of sp³-hybridized carbons (Fsp3) is 0.273. The lowest BCUT2D eigenvalue weighted by Crippen LogP contribution is -2.30. The van der Waals surface area contributed by atoms with Gasteiger partial charge >= 0.3 is 5.84 Å². The molecular weight excluding hydrogens is 238 g/mol. The van der Waals surface area contributed by atoms with E-state index in [4.69, 9.17) is 5.21 Å². The molecule has 1 rings (SSSR count). The van der Waals surface area contributed by atoms with Crippen molar-refractivity contribution in [1.29, 1.82) is 0 Å². The Morgan fingerprint density at radius 2 is 2.06 bits per heavy atom. The summed E-state index contributed by atoms with van der Waals surface area (Å²) < 4.78 is 0. The summed E-state index contributed by atoms with van der Waals surface area (Å²) in [6, 6.07) is 8.58. The van der Waals surface area contributed by atoms with Crippen molar-refractivity contribution in [2.75, 3.05) is 13.6 Å². The summed E-state index contributed by atoms with van der Waals surface area (Å²) >= 11 is 0. The van der Waals surface area contributed by atoms with Crippen molar-refractivity contribution in [2.24, 2.45) is 5.16 Å². The number of carbonyl (C=O) groups is 1. The third kappa shape index (κ3) is 3.55. The van der Waals surface area contributed by atoms with Gasteiger partial charge in [-0.3, -0.25) is 4.79 Å². The van der Waals surface area contributed by atoms with Gasteiger partial charge in [0, 0.05) is 19.2 Å². The van der Waals surface area contributed by atoms with E-state index < -0.39 is 10.8 Å². The van der Waals surface area contributed by atoms with Crippen molar-refractivity contribution in [3.63, 3.8) is 0 Å². The van der Waals surface area contributed by atoms with Gasteiger partial charge in [-0.15, -0.1) is 0 Å². The van der Waals surface area contributed by atoms with E-state index in [2.05, 4.69) is 5.16 Å². The van der Waals surface area contributed by atoms with Gasteiger partial charge in [-0.05, 0) is 17.1 Å². The average molecular weight is 251 g/mol. The second-order valence-electron chi connectivity index (χ2n) is 3.62. The second kappa shape index (κ2) is 6.33. The normalized spacial score (nSPS) is 11.1. The molecule has 0 radical (unpaired) electrons. The molecule has 0 aliphatic rings. The molecule has 1 aromatic rings. The van der Waals surface area contributed by atoms with Crippen LogP contribution in [0.25, 0.3) is 0 Å². The first-order valence-electron chi connectivity index (χ1n) is 5.22. The first-order chi connectivity index (χ1) is 8.56. The number of oxime groups is 1. The maximum Gasteiger partial charge on any atom is 0.386 e. The highest BCUT2D eigenvalue weighted by Crippen LogP contribution is 2.04. The second-order valence-corrected chi connectivity index (χ2v) is 3.62. The Labute approximate surface area is 103 Å². The first-order valence-corrected chi connectivity index (χ1v) is 5.22. The molecule has 0 saturated carbocycles. The molecule has 0 bridgehead atoms. The fourth-order valence-electron chi connectivity index (χ4n) is 1.35. The lowest BCUT2D eigenvalue weighted by atomic mass is 10.2. The minimum atomic E-state index is -0.777. The standard InChI is InChI=1S/C11H13N3O4/c1-13(8-7-10(12-16)14(17)18)11(15)9-5-3-2-4-6-9/h2-6,16H,7-8H2,1H3/b12-10+. The van der Waals surface area contributed by atoms with Crippen LogP contribution < -0.4 is 0 Å². The number of carbonyl (C=O) groups excluding carboxylic acids is 1. The van der Waals surface area contributed by atoms with Crippen LogP contribution in [0.5, 0.6) is 0 Å². The van der Waals surface area contributed by atoms with Gasteiger partial charge in [0.2, 0.25) is 0 Å². The van der Waals surface area contributed by atoms with Gasteiger partial charge in [0.05, 0.1) is 6.42 Å². The molecule has 0 saturated heterocycles. The number of nitro groups is 1. The molecule has 0 unspecified atom stereocenters. The molecule has 1 aromatic carbocycles. The van der Waals surface area contributed by atoms with Crippen LogP contribution in [0.15, 0.2) is 35.5 Å². The van der Waals surface area contributed by atoms with Crippen LogP contribution in [0, 0.1) is 10.1 Å². The summed E-state index contributed by atoms with van der Waals surface area (Å²) in [5, 5.41) is 21.4. The molecule has 7 heteroatoms. The zero-order valence-electron chi connectivity index (χ0n) is 9.81. The molecule has 0 atom stereocenters. The Morgan fingerprint density at radius 3 is 2.56 bits per heavy atom. The van der Waals surface area contributed by atoms with Crippen molar-refractivity contribution in [1.82, 2.24) is 4.90 Å². The van der Waals surface area contributed by atoms with E-state index in [-0.39, 0.29) is 18.9 Å². The smallest absolute Gasteiger partial charge is 0.358 e. The minimum Gasteiger partial charge on any atom is -0.358 e. The van der Waals surface area contributed by atoms with Gasteiger partial charge in [-0.2, -0.15) is 0 Å². The highest BCUT2D eigenvalue weighted by Gasteiger charge is 2.17. The number of rotatable bonds is 4. The van der Waals surface area contributed by atoms with Crippen LogP contribution in [0.1, 0.15) is 16.8 Å². The maximum absolute atomic E-state index is 11.9. The van der Waals surface area contributed by atoms with Gasteiger partial charge in [0.15, 0.2) is 0 Å². The molecule has 1 amide bonds. The number of hydrogen-bond acceptors (Lipinski definition) is 5. The summed E-state index contributed by atoms with van der Waals surface area (Å²) in [5.74, 6) is -0.807. The third-order valence-corrected chi connectivity index (χ3v) is 2.36. The van der Waals surface area contributed by atoms with Crippen molar-refractivity contribution < 1.29 is 14.9 Å². The topological polar surface area (TPSA) is 96.0 Å². The number of hydrogen-bond donors (Lipinski definition) is 1. The van der Waals surface area contributed by atoms with E-state index in [1.54, 1.807) is 30.3 Å². The van der Waals surface area contributed by atoms with E-state index in [9.17, 15) is 14.9 Å². The Kier molecular flexibility index (Phi) is 4.79. The fourth-order valence-corrected chi connectivity index (χ4v) is 1.35.